The molecule has 1 rings (SSSR count). The molecule has 1 heterocycles. The van der Waals surface area contributed by atoms with Gasteiger partial charge in [-0.15, -0.1) is 6.58 Å². The van der Waals surface area contributed by atoms with Crippen LogP contribution >= 0.6 is 0 Å². The molecule has 0 radical (unpaired) electrons. The maximum Gasteiger partial charge on any atom is 0.228 e. The molecule has 4 heteroatoms. The molecule has 2 N–H and O–H groups in total. The van der Waals surface area contributed by atoms with Gasteiger partial charge in [-0.3, -0.25) is 4.79 Å². The fourth-order valence-electron chi connectivity index (χ4n) is 2.30. The van der Waals surface area contributed by atoms with Gasteiger partial charge in [0.25, 0.3) is 0 Å². The summed E-state index contributed by atoms with van der Waals surface area (Å²) in [5.41, 5.74) is -0.352. The number of nitrogens with one attached hydrogen (secondary N) is 2. The van der Waals surface area contributed by atoms with E-state index in [1.807, 2.05) is 13.0 Å². The van der Waals surface area contributed by atoms with Crippen molar-refractivity contribution in [3.8, 4) is 0 Å². The van der Waals surface area contributed by atoms with E-state index in [2.05, 4.69) is 17.2 Å². The first-order valence-corrected chi connectivity index (χ1v) is 6.26. The molecule has 1 fully saturated rings. The van der Waals surface area contributed by atoms with Gasteiger partial charge < -0.3 is 15.4 Å². The molecule has 1 atom stereocenters. The Labute approximate surface area is 104 Å². The molecule has 1 amide bonds. The highest BCUT2D eigenvalue weighted by Crippen LogP contribution is 2.29. The summed E-state index contributed by atoms with van der Waals surface area (Å²) >= 11 is 0. The molecule has 0 aromatic rings. The van der Waals surface area contributed by atoms with E-state index in [1.165, 1.54) is 0 Å². The zero-order chi connectivity index (χ0) is 12.7. The van der Waals surface area contributed by atoms with E-state index >= 15 is 0 Å². The molecule has 1 unspecified atom stereocenters. The van der Waals surface area contributed by atoms with Crippen LogP contribution in [0.3, 0.4) is 0 Å². The topological polar surface area (TPSA) is 50.4 Å². The van der Waals surface area contributed by atoms with Crippen molar-refractivity contribution in [3.63, 3.8) is 0 Å². The molecule has 0 bridgehead atoms. The zero-order valence-electron chi connectivity index (χ0n) is 10.9. The van der Waals surface area contributed by atoms with Gasteiger partial charge in [0.2, 0.25) is 5.91 Å². The van der Waals surface area contributed by atoms with E-state index in [-0.39, 0.29) is 17.4 Å². The Kier molecular flexibility index (Phi) is 5.65. The molecule has 17 heavy (non-hydrogen) atoms. The predicted molar refractivity (Wildman–Crippen MR) is 68.8 cm³/mol. The van der Waals surface area contributed by atoms with Gasteiger partial charge in [-0.1, -0.05) is 6.08 Å². The first-order valence-electron chi connectivity index (χ1n) is 6.26. The van der Waals surface area contributed by atoms with Crippen molar-refractivity contribution >= 4 is 5.91 Å². The summed E-state index contributed by atoms with van der Waals surface area (Å²) in [5.74, 6) is 0.121. The Morgan fingerprint density at radius 3 is 2.76 bits per heavy atom. The van der Waals surface area contributed by atoms with Crippen molar-refractivity contribution < 1.29 is 9.53 Å². The van der Waals surface area contributed by atoms with E-state index in [0.29, 0.717) is 6.61 Å². The fourth-order valence-corrected chi connectivity index (χ4v) is 2.30. The van der Waals surface area contributed by atoms with Crippen molar-refractivity contribution in [3.05, 3.63) is 12.7 Å². The van der Waals surface area contributed by atoms with Crippen LogP contribution < -0.4 is 10.6 Å². The van der Waals surface area contributed by atoms with Crippen LogP contribution in [0.4, 0.5) is 0 Å². The average Bonchev–Trinajstić information content (AvgIpc) is 2.30. The first kappa shape index (κ1) is 14.2. The van der Waals surface area contributed by atoms with Crippen molar-refractivity contribution in [1.82, 2.24) is 10.6 Å². The number of hydrogen-bond donors (Lipinski definition) is 2. The molecule has 0 aromatic heterocycles. The molecule has 0 saturated carbocycles. The highest BCUT2D eigenvalue weighted by atomic mass is 16.5. The summed E-state index contributed by atoms with van der Waals surface area (Å²) in [6, 6.07) is 0.142. The van der Waals surface area contributed by atoms with Gasteiger partial charge in [-0.25, -0.2) is 0 Å². The predicted octanol–water partition coefficient (Wildman–Crippen LogP) is 1.08. The third-order valence-corrected chi connectivity index (χ3v) is 3.36. The largest absolute Gasteiger partial charge is 0.384 e. The SMILES string of the molecule is C=CCC(C)NC(=O)C1(COC)CCNCC1. The zero-order valence-corrected chi connectivity index (χ0v) is 10.9. The molecule has 0 spiro atoms. The summed E-state index contributed by atoms with van der Waals surface area (Å²) in [6.45, 7) is 7.95. The van der Waals surface area contributed by atoms with E-state index in [4.69, 9.17) is 4.74 Å². The monoisotopic (exact) mass is 240 g/mol. The molecule has 1 saturated heterocycles. The highest BCUT2D eigenvalue weighted by molar-refractivity contribution is 5.83. The summed E-state index contributed by atoms with van der Waals surface area (Å²) < 4.78 is 5.24. The van der Waals surface area contributed by atoms with Gasteiger partial charge in [0.05, 0.1) is 12.0 Å². The van der Waals surface area contributed by atoms with Crippen LogP contribution in [-0.2, 0) is 9.53 Å². The van der Waals surface area contributed by atoms with Crippen LogP contribution in [0.15, 0.2) is 12.7 Å². The Hall–Kier alpha value is -0.870. The Bertz CT molecular complexity index is 255. The lowest BCUT2D eigenvalue weighted by molar-refractivity contribution is -0.136. The molecule has 1 aliphatic heterocycles. The minimum atomic E-state index is -0.352. The number of carbonyl (C=O) groups excluding carboxylic acids is 1. The number of carbonyl (C=O) groups is 1. The third kappa shape index (κ3) is 3.82. The van der Waals surface area contributed by atoms with Crippen LogP contribution in [0.1, 0.15) is 26.2 Å². The van der Waals surface area contributed by atoms with Gasteiger partial charge in [0.15, 0.2) is 0 Å². The maximum absolute atomic E-state index is 12.3. The summed E-state index contributed by atoms with van der Waals surface area (Å²) in [4.78, 5) is 12.3. The molecule has 0 aliphatic carbocycles. The number of ether oxygens (including phenoxy) is 1. The standard InChI is InChI=1S/C13H24N2O2/c1-4-5-11(2)15-12(16)13(10-17-3)6-8-14-9-7-13/h4,11,14H,1,5-10H2,2-3H3,(H,15,16). The maximum atomic E-state index is 12.3. The number of methoxy groups -OCH3 is 1. The second-order valence-corrected chi connectivity index (χ2v) is 4.86. The number of piperidine rings is 1. The van der Waals surface area contributed by atoms with Gasteiger partial charge >= 0.3 is 0 Å². The van der Waals surface area contributed by atoms with Crippen LogP contribution in [0.2, 0.25) is 0 Å². The van der Waals surface area contributed by atoms with Crippen LogP contribution in [-0.4, -0.2) is 38.8 Å². The van der Waals surface area contributed by atoms with E-state index in [1.54, 1.807) is 7.11 Å². The van der Waals surface area contributed by atoms with Crippen molar-refractivity contribution in [2.75, 3.05) is 26.8 Å². The second kappa shape index (κ2) is 6.77. The molecule has 98 valence electrons. The Morgan fingerprint density at radius 2 is 2.24 bits per heavy atom. The number of hydrogen-bond acceptors (Lipinski definition) is 3. The van der Waals surface area contributed by atoms with Crippen molar-refractivity contribution in [2.45, 2.75) is 32.2 Å². The lowest BCUT2D eigenvalue weighted by Gasteiger charge is -2.36. The minimum absolute atomic E-state index is 0.121. The highest BCUT2D eigenvalue weighted by Gasteiger charge is 2.39. The summed E-state index contributed by atoms with van der Waals surface area (Å²) in [5, 5.41) is 6.34. The van der Waals surface area contributed by atoms with Gasteiger partial charge in [-0.05, 0) is 39.3 Å². The Morgan fingerprint density at radius 1 is 1.59 bits per heavy atom. The van der Waals surface area contributed by atoms with Gasteiger partial charge in [0.1, 0.15) is 0 Å². The number of rotatable bonds is 6. The van der Waals surface area contributed by atoms with Crippen LogP contribution in [0.25, 0.3) is 0 Å². The molecule has 0 aromatic carbocycles. The quantitative estimate of drug-likeness (QED) is 0.683. The van der Waals surface area contributed by atoms with E-state index in [0.717, 1.165) is 32.4 Å². The smallest absolute Gasteiger partial charge is 0.228 e. The third-order valence-electron chi connectivity index (χ3n) is 3.36. The minimum Gasteiger partial charge on any atom is -0.384 e. The molecule has 4 nitrogen and oxygen atoms in total. The van der Waals surface area contributed by atoms with Crippen LogP contribution in [0.5, 0.6) is 0 Å². The normalized spacial score (nSPS) is 20.6. The molecular formula is C13H24N2O2. The summed E-state index contributed by atoms with van der Waals surface area (Å²) in [7, 11) is 1.66. The number of amides is 1. The van der Waals surface area contributed by atoms with Crippen LogP contribution in [0, 0.1) is 5.41 Å². The van der Waals surface area contributed by atoms with Gasteiger partial charge in [-0.2, -0.15) is 0 Å². The Balaban J connectivity index is 2.62. The fraction of sp³-hybridized carbons (Fsp3) is 0.769. The lowest BCUT2D eigenvalue weighted by Crippen LogP contribution is -2.51. The lowest BCUT2D eigenvalue weighted by atomic mass is 9.78. The van der Waals surface area contributed by atoms with E-state index in [9.17, 15) is 4.79 Å². The van der Waals surface area contributed by atoms with E-state index < -0.39 is 0 Å². The average molecular weight is 240 g/mol. The van der Waals surface area contributed by atoms with Crippen molar-refractivity contribution in [2.24, 2.45) is 5.41 Å². The second-order valence-electron chi connectivity index (χ2n) is 4.86. The first-order chi connectivity index (χ1) is 8.14. The molecular weight excluding hydrogens is 216 g/mol. The van der Waals surface area contributed by atoms with Gasteiger partial charge in [0, 0.05) is 13.2 Å². The summed E-state index contributed by atoms with van der Waals surface area (Å²) in [6.07, 6.45) is 4.31. The molecule has 1 aliphatic rings. The van der Waals surface area contributed by atoms with Crippen molar-refractivity contribution in [1.29, 1.82) is 0 Å².